The molecule has 0 aromatic heterocycles. The molecule has 2 N–H and O–H groups in total. The van der Waals surface area contributed by atoms with E-state index in [1.54, 1.807) is 0 Å². The molecule has 4 rings (SSSR count). The Kier molecular flexibility index (Phi) is 1.37. The van der Waals surface area contributed by atoms with Crippen LogP contribution in [-0.4, -0.2) is 22.4 Å². The van der Waals surface area contributed by atoms with Crippen LogP contribution in [0.15, 0.2) is 0 Å². The summed E-state index contributed by atoms with van der Waals surface area (Å²) in [4.78, 5) is 0. The molecule has 0 amide bonds. The topological polar surface area (TPSA) is 40.5 Å². The van der Waals surface area contributed by atoms with Gasteiger partial charge in [-0.15, -0.1) is 0 Å². The van der Waals surface area contributed by atoms with Crippen molar-refractivity contribution < 1.29 is 10.2 Å². The zero-order valence-electron chi connectivity index (χ0n) is 8.34. The molecule has 0 aliphatic heterocycles. The molecule has 4 fully saturated rings. The largest absolute Gasteiger partial charge is 0.390 e. The van der Waals surface area contributed by atoms with Crippen molar-refractivity contribution in [1.29, 1.82) is 0 Å². The van der Waals surface area contributed by atoms with Gasteiger partial charge in [0.05, 0.1) is 12.2 Å². The van der Waals surface area contributed by atoms with E-state index in [1.165, 1.54) is 19.3 Å². The first-order valence-corrected chi connectivity index (χ1v) is 6.13. The van der Waals surface area contributed by atoms with Crippen LogP contribution in [0.3, 0.4) is 0 Å². The Morgan fingerprint density at radius 3 is 1.71 bits per heavy atom. The molecule has 4 aliphatic carbocycles. The number of rotatable bonds is 0. The lowest BCUT2D eigenvalue weighted by Crippen LogP contribution is -2.44. The van der Waals surface area contributed by atoms with Crippen LogP contribution in [-0.2, 0) is 0 Å². The second-order valence-electron chi connectivity index (χ2n) is 6.03. The average molecular weight is 194 g/mol. The monoisotopic (exact) mass is 194 g/mol. The predicted molar refractivity (Wildman–Crippen MR) is 51.4 cm³/mol. The van der Waals surface area contributed by atoms with Crippen LogP contribution in [0.4, 0.5) is 0 Å². The van der Waals surface area contributed by atoms with Crippen LogP contribution in [0.2, 0.25) is 0 Å². The van der Waals surface area contributed by atoms with Crippen molar-refractivity contribution in [2.24, 2.45) is 35.5 Å². The molecular formula is C12H18O2. The maximum absolute atomic E-state index is 9.91. The van der Waals surface area contributed by atoms with Gasteiger partial charge in [0.1, 0.15) is 0 Å². The van der Waals surface area contributed by atoms with E-state index < -0.39 is 0 Å². The van der Waals surface area contributed by atoms with Crippen LogP contribution in [0.1, 0.15) is 25.7 Å². The minimum Gasteiger partial charge on any atom is -0.390 e. The summed E-state index contributed by atoms with van der Waals surface area (Å²) in [7, 11) is 0. The highest BCUT2D eigenvalue weighted by Gasteiger charge is 2.65. The molecule has 8 atom stereocenters. The molecule has 2 nitrogen and oxygen atoms in total. The fourth-order valence-corrected chi connectivity index (χ4v) is 5.52. The molecule has 4 aliphatic rings. The van der Waals surface area contributed by atoms with Gasteiger partial charge in [0.2, 0.25) is 0 Å². The maximum atomic E-state index is 9.91. The Morgan fingerprint density at radius 1 is 0.714 bits per heavy atom. The molecule has 4 saturated carbocycles. The normalized spacial score (nSPS) is 69.0. The molecule has 2 heteroatoms. The van der Waals surface area contributed by atoms with Crippen molar-refractivity contribution in [2.45, 2.75) is 37.9 Å². The minimum absolute atomic E-state index is 0.388. The number of aliphatic hydroxyl groups is 2. The Labute approximate surface area is 84.3 Å². The van der Waals surface area contributed by atoms with Gasteiger partial charge in [-0.2, -0.15) is 0 Å². The van der Waals surface area contributed by atoms with Crippen molar-refractivity contribution in [3.8, 4) is 0 Å². The van der Waals surface area contributed by atoms with Crippen LogP contribution < -0.4 is 0 Å². The Bertz CT molecular complexity index is 251. The molecule has 0 aromatic rings. The third kappa shape index (κ3) is 0.704. The van der Waals surface area contributed by atoms with Crippen molar-refractivity contribution in [1.82, 2.24) is 0 Å². The van der Waals surface area contributed by atoms with Gasteiger partial charge in [-0.1, -0.05) is 0 Å². The summed E-state index contributed by atoms with van der Waals surface area (Å²) < 4.78 is 0. The van der Waals surface area contributed by atoms with Crippen molar-refractivity contribution in [3.63, 3.8) is 0 Å². The fourth-order valence-electron chi connectivity index (χ4n) is 5.52. The van der Waals surface area contributed by atoms with Gasteiger partial charge in [-0.25, -0.2) is 0 Å². The molecule has 14 heavy (non-hydrogen) atoms. The van der Waals surface area contributed by atoms with E-state index in [-0.39, 0.29) is 12.2 Å². The van der Waals surface area contributed by atoms with Gasteiger partial charge >= 0.3 is 0 Å². The molecule has 0 spiro atoms. The van der Waals surface area contributed by atoms with E-state index >= 15 is 0 Å². The lowest BCUT2D eigenvalue weighted by Gasteiger charge is -2.39. The molecule has 4 bridgehead atoms. The standard InChI is InChI=1S/C12H18O2/c13-11-7-4-8(12(11)14)10-6-2-1-5(3-6)9(7)10/h5-14H,1-4H2. The first-order valence-electron chi connectivity index (χ1n) is 6.13. The van der Waals surface area contributed by atoms with Gasteiger partial charge in [-0.3, -0.25) is 0 Å². The highest BCUT2D eigenvalue weighted by Crippen LogP contribution is 2.67. The maximum Gasteiger partial charge on any atom is 0.0833 e. The Hall–Kier alpha value is -0.0800. The molecule has 8 unspecified atom stereocenters. The van der Waals surface area contributed by atoms with E-state index in [1.807, 2.05) is 0 Å². The number of aliphatic hydroxyl groups excluding tert-OH is 2. The van der Waals surface area contributed by atoms with Gasteiger partial charge in [-0.05, 0) is 61.2 Å². The van der Waals surface area contributed by atoms with E-state index in [2.05, 4.69) is 0 Å². The van der Waals surface area contributed by atoms with E-state index in [4.69, 9.17) is 0 Å². The van der Waals surface area contributed by atoms with Gasteiger partial charge in [0, 0.05) is 0 Å². The van der Waals surface area contributed by atoms with E-state index in [9.17, 15) is 10.2 Å². The zero-order valence-corrected chi connectivity index (χ0v) is 8.34. The van der Waals surface area contributed by atoms with Crippen LogP contribution in [0.25, 0.3) is 0 Å². The molecule has 78 valence electrons. The summed E-state index contributed by atoms with van der Waals surface area (Å²) >= 11 is 0. The second-order valence-corrected chi connectivity index (χ2v) is 6.03. The SMILES string of the molecule is OC1C(O)C2CC1C1C3CCC(C3)C21. The minimum atomic E-state index is -0.388. The number of hydrogen-bond donors (Lipinski definition) is 2. The van der Waals surface area contributed by atoms with Crippen LogP contribution in [0.5, 0.6) is 0 Å². The quantitative estimate of drug-likeness (QED) is 0.565. The number of hydrogen-bond acceptors (Lipinski definition) is 2. The molecular weight excluding hydrogens is 176 g/mol. The first kappa shape index (κ1) is 8.12. The number of fused-ring (bicyclic) bond motifs is 9. The third-order valence-corrected chi connectivity index (χ3v) is 5.81. The zero-order chi connectivity index (χ0) is 9.45. The summed E-state index contributed by atoms with van der Waals surface area (Å²) in [5.41, 5.74) is 0. The Morgan fingerprint density at radius 2 is 1.21 bits per heavy atom. The van der Waals surface area contributed by atoms with E-state index in [0.29, 0.717) is 11.8 Å². The predicted octanol–water partition coefficient (Wildman–Crippen LogP) is 1.02. The molecule has 0 saturated heterocycles. The van der Waals surface area contributed by atoms with E-state index in [0.717, 1.165) is 30.1 Å². The van der Waals surface area contributed by atoms with Crippen molar-refractivity contribution in [3.05, 3.63) is 0 Å². The lowest BCUT2D eigenvalue weighted by molar-refractivity contribution is -0.0685. The summed E-state index contributed by atoms with van der Waals surface area (Å²) in [5.74, 6) is 4.30. The highest BCUT2D eigenvalue weighted by atomic mass is 16.3. The molecule has 0 radical (unpaired) electrons. The summed E-state index contributed by atoms with van der Waals surface area (Å²) in [6.07, 6.45) is 4.54. The average Bonchev–Trinajstić information content (AvgIpc) is 2.87. The lowest BCUT2D eigenvalue weighted by atomic mass is 9.69. The van der Waals surface area contributed by atoms with Gasteiger partial charge < -0.3 is 10.2 Å². The smallest absolute Gasteiger partial charge is 0.0833 e. The third-order valence-electron chi connectivity index (χ3n) is 5.81. The highest BCUT2D eigenvalue weighted by molar-refractivity contribution is 5.14. The first-order chi connectivity index (χ1) is 6.77. The fraction of sp³-hybridized carbons (Fsp3) is 1.00. The summed E-state index contributed by atoms with van der Waals surface area (Å²) in [6, 6.07) is 0. The summed E-state index contributed by atoms with van der Waals surface area (Å²) in [5, 5.41) is 19.8. The molecule has 0 aromatic carbocycles. The van der Waals surface area contributed by atoms with Gasteiger partial charge in [0.15, 0.2) is 0 Å². The van der Waals surface area contributed by atoms with Crippen molar-refractivity contribution >= 4 is 0 Å². The van der Waals surface area contributed by atoms with Gasteiger partial charge in [0.25, 0.3) is 0 Å². The summed E-state index contributed by atoms with van der Waals surface area (Å²) in [6.45, 7) is 0. The van der Waals surface area contributed by atoms with Crippen molar-refractivity contribution in [2.75, 3.05) is 0 Å². The van der Waals surface area contributed by atoms with Crippen LogP contribution >= 0.6 is 0 Å². The Balaban J connectivity index is 1.74. The second kappa shape index (κ2) is 2.35. The molecule has 0 heterocycles. The van der Waals surface area contributed by atoms with Crippen LogP contribution in [0, 0.1) is 35.5 Å².